The third kappa shape index (κ3) is 6.96. The molecule has 0 bridgehead atoms. The van der Waals surface area contributed by atoms with Crippen molar-refractivity contribution in [1.29, 1.82) is 0 Å². The molecule has 1 rings (SSSR count). The summed E-state index contributed by atoms with van der Waals surface area (Å²) >= 11 is 0. The fraction of sp³-hybridized carbons (Fsp3) is 0.714. The smallest absolute Gasteiger partial charge is 0.131 e. The highest BCUT2D eigenvalue weighted by Gasteiger charge is 2.01. The van der Waals surface area contributed by atoms with Crippen molar-refractivity contribution in [2.75, 3.05) is 44.4 Å². The second-order valence-corrected chi connectivity index (χ2v) is 5.05. The van der Waals surface area contributed by atoms with E-state index in [1.54, 1.807) is 0 Å². The number of likely N-dealkylation sites (N-methyl/N-ethyl adjacent to an activating group) is 1. The maximum atomic E-state index is 4.40. The Hall–Kier alpha value is -1.36. The van der Waals surface area contributed by atoms with Gasteiger partial charge in [0.1, 0.15) is 17.5 Å². The molecule has 0 aliphatic carbocycles. The molecule has 0 saturated heterocycles. The molecular formula is C14H27N5. The molecule has 0 aliphatic rings. The molecule has 19 heavy (non-hydrogen) atoms. The second kappa shape index (κ2) is 8.69. The number of rotatable bonds is 9. The highest BCUT2D eigenvalue weighted by molar-refractivity contribution is 5.47. The minimum atomic E-state index is 0.799. The first-order valence-corrected chi connectivity index (χ1v) is 7.10. The summed E-state index contributed by atoms with van der Waals surface area (Å²) in [6, 6.07) is 1.98. The van der Waals surface area contributed by atoms with Gasteiger partial charge in [-0.2, -0.15) is 0 Å². The van der Waals surface area contributed by atoms with Gasteiger partial charge < -0.3 is 15.5 Å². The van der Waals surface area contributed by atoms with Crippen LogP contribution in [0.1, 0.15) is 32.0 Å². The van der Waals surface area contributed by atoms with Gasteiger partial charge in [0, 0.05) is 25.7 Å². The van der Waals surface area contributed by atoms with Crippen LogP contribution in [-0.4, -0.2) is 48.6 Å². The number of nitrogens with zero attached hydrogens (tertiary/aromatic N) is 3. The van der Waals surface area contributed by atoms with E-state index in [1.165, 1.54) is 19.3 Å². The number of aromatic nitrogens is 2. The Balaban J connectivity index is 2.46. The molecule has 5 heteroatoms. The van der Waals surface area contributed by atoms with E-state index in [0.717, 1.165) is 37.1 Å². The Labute approximate surface area is 116 Å². The number of anilines is 2. The van der Waals surface area contributed by atoms with Crippen molar-refractivity contribution >= 4 is 11.6 Å². The zero-order valence-electron chi connectivity index (χ0n) is 12.7. The fourth-order valence-electron chi connectivity index (χ4n) is 1.75. The van der Waals surface area contributed by atoms with Gasteiger partial charge in [-0.1, -0.05) is 19.8 Å². The summed E-state index contributed by atoms with van der Waals surface area (Å²) in [5, 5.41) is 6.68. The Morgan fingerprint density at radius 2 is 1.68 bits per heavy atom. The molecular weight excluding hydrogens is 238 g/mol. The summed E-state index contributed by atoms with van der Waals surface area (Å²) in [6.07, 6.45) is 3.68. The third-order valence-corrected chi connectivity index (χ3v) is 2.79. The van der Waals surface area contributed by atoms with Crippen molar-refractivity contribution in [3.05, 3.63) is 11.9 Å². The molecule has 5 nitrogen and oxygen atoms in total. The quantitative estimate of drug-likeness (QED) is 0.671. The molecule has 0 unspecified atom stereocenters. The Kier molecular flexibility index (Phi) is 7.18. The SMILES string of the molecule is CCCCCNc1cc(NCCN(C)C)nc(C)n1. The van der Waals surface area contributed by atoms with Crippen molar-refractivity contribution in [2.45, 2.75) is 33.1 Å². The average molecular weight is 265 g/mol. The van der Waals surface area contributed by atoms with Crippen LogP contribution in [0.2, 0.25) is 0 Å². The third-order valence-electron chi connectivity index (χ3n) is 2.79. The topological polar surface area (TPSA) is 53.1 Å². The first-order valence-electron chi connectivity index (χ1n) is 7.10. The normalized spacial score (nSPS) is 10.8. The predicted octanol–water partition coefficient (Wildman–Crippen LogP) is 2.36. The lowest BCUT2D eigenvalue weighted by Crippen LogP contribution is -2.21. The van der Waals surface area contributed by atoms with Crippen molar-refractivity contribution in [1.82, 2.24) is 14.9 Å². The largest absolute Gasteiger partial charge is 0.370 e. The molecule has 0 aliphatic heterocycles. The van der Waals surface area contributed by atoms with E-state index in [2.05, 4.69) is 46.5 Å². The summed E-state index contributed by atoms with van der Waals surface area (Å²) in [5.41, 5.74) is 0. The highest BCUT2D eigenvalue weighted by Crippen LogP contribution is 2.11. The molecule has 2 N–H and O–H groups in total. The van der Waals surface area contributed by atoms with Crippen molar-refractivity contribution in [3.63, 3.8) is 0 Å². The lowest BCUT2D eigenvalue weighted by atomic mass is 10.2. The van der Waals surface area contributed by atoms with Crippen molar-refractivity contribution in [2.24, 2.45) is 0 Å². The van der Waals surface area contributed by atoms with Crippen LogP contribution in [0, 0.1) is 6.92 Å². The van der Waals surface area contributed by atoms with E-state index in [0.29, 0.717) is 0 Å². The highest BCUT2D eigenvalue weighted by atomic mass is 15.1. The van der Waals surface area contributed by atoms with Gasteiger partial charge in [0.15, 0.2) is 0 Å². The number of aryl methyl sites for hydroxylation is 1. The molecule has 0 atom stereocenters. The molecule has 0 radical (unpaired) electrons. The number of nitrogens with one attached hydrogen (secondary N) is 2. The summed E-state index contributed by atoms with van der Waals surface area (Å²) in [6.45, 7) is 6.98. The summed E-state index contributed by atoms with van der Waals surface area (Å²) < 4.78 is 0. The summed E-state index contributed by atoms with van der Waals surface area (Å²) in [7, 11) is 4.13. The molecule has 1 aromatic heterocycles. The molecule has 0 aromatic carbocycles. The van der Waals surface area contributed by atoms with Crippen molar-refractivity contribution < 1.29 is 0 Å². The van der Waals surface area contributed by atoms with Crippen LogP contribution in [0.5, 0.6) is 0 Å². The minimum absolute atomic E-state index is 0.799. The van der Waals surface area contributed by atoms with Crippen LogP contribution in [0.3, 0.4) is 0 Å². The van der Waals surface area contributed by atoms with Crippen molar-refractivity contribution in [3.8, 4) is 0 Å². The van der Waals surface area contributed by atoms with E-state index in [-0.39, 0.29) is 0 Å². The van der Waals surface area contributed by atoms with Gasteiger partial charge in [-0.05, 0) is 27.4 Å². The molecule has 0 spiro atoms. The van der Waals surface area contributed by atoms with Crippen LogP contribution >= 0.6 is 0 Å². The summed E-state index contributed by atoms with van der Waals surface area (Å²) in [5.74, 6) is 2.61. The molecule has 0 saturated carbocycles. The maximum absolute atomic E-state index is 4.40. The van der Waals surface area contributed by atoms with E-state index >= 15 is 0 Å². The van der Waals surface area contributed by atoms with Gasteiger partial charge in [0.05, 0.1) is 0 Å². The standard InChI is InChI=1S/C14H27N5/c1-5-6-7-8-15-13-11-14(18-12(2)17-13)16-9-10-19(3)4/h11H,5-10H2,1-4H3,(H2,15,16,17,18). The predicted molar refractivity (Wildman–Crippen MR) is 81.8 cm³/mol. The molecule has 1 heterocycles. The van der Waals surface area contributed by atoms with E-state index in [4.69, 9.17) is 0 Å². The summed E-state index contributed by atoms with van der Waals surface area (Å²) in [4.78, 5) is 10.9. The van der Waals surface area contributed by atoms with Gasteiger partial charge in [-0.15, -0.1) is 0 Å². The Morgan fingerprint density at radius 3 is 2.26 bits per heavy atom. The fourth-order valence-corrected chi connectivity index (χ4v) is 1.75. The second-order valence-electron chi connectivity index (χ2n) is 5.05. The van der Waals surface area contributed by atoms with Crippen LogP contribution in [-0.2, 0) is 0 Å². The van der Waals surface area contributed by atoms with Gasteiger partial charge in [-0.3, -0.25) is 0 Å². The van der Waals surface area contributed by atoms with Gasteiger partial charge >= 0.3 is 0 Å². The number of unbranched alkanes of at least 4 members (excludes halogenated alkanes) is 2. The Bertz CT molecular complexity index is 365. The molecule has 0 amide bonds. The first-order chi connectivity index (χ1) is 9.11. The van der Waals surface area contributed by atoms with Gasteiger partial charge in [-0.25, -0.2) is 9.97 Å². The number of hydrogen-bond acceptors (Lipinski definition) is 5. The minimum Gasteiger partial charge on any atom is -0.370 e. The van der Waals surface area contributed by atoms with E-state index in [1.807, 2.05) is 13.0 Å². The number of hydrogen-bond donors (Lipinski definition) is 2. The average Bonchev–Trinajstić information content (AvgIpc) is 2.34. The van der Waals surface area contributed by atoms with E-state index in [9.17, 15) is 0 Å². The van der Waals surface area contributed by atoms with Gasteiger partial charge in [0.25, 0.3) is 0 Å². The maximum Gasteiger partial charge on any atom is 0.131 e. The van der Waals surface area contributed by atoms with Gasteiger partial charge in [0.2, 0.25) is 0 Å². The van der Waals surface area contributed by atoms with Crippen LogP contribution in [0.4, 0.5) is 11.6 Å². The zero-order valence-corrected chi connectivity index (χ0v) is 12.7. The lowest BCUT2D eigenvalue weighted by molar-refractivity contribution is 0.425. The molecule has 108 valence electrons. The first kappa shape index (κ1) is 15.7. The van der Waals surface area contributed by atoms with Crippen LogP contribution in [0.15, 0.2) is 6.07 Å². The Morgan fingerprint density at radius 1 is 1.05 bits per heavy atom. The van der Waals surface area contributed by atoms with Crippen LogP contribution < -0.4 is 10.6 Å². The van der Waals surface area contributed by atoms with E-state index < -0.39 is 0 Å². The molecule has 1 aromatic rings. The monoisotopic (exact) mass is 265 g/mol. The van der Waals surface area contributed by atoms with Crippen LogP contribution in [0.25, 0.3) is 0 Å². The molecule has 0 fully saturated rings. The zero-order chi connectivity index (χ0) is 14.1. The lowest BCUT2D eigenvalue weighted by Gasteiger charge is -2.12.